The number of amides is 1. The van der Waals surface area contributed by atoms with Crippen molar-refractivity contribution in [1.82, 2.24) is 9.78 Å². The van der Waals surface area contributed by atoms with E-state index in [1.807, 2.05) is 66.9 Å². The number of ether oxygens (including phenoxy) is 1. The number of nitrogens with one attached hydrogen (secondary N) is 1. The topological polar surface area (TPSA) is 73.2 Å². The van der Waals surface area contributed by atoms with E-state index in [0.717, 1.165) is 11.3 Å². The second kappa shape index (κ2) is 8.00. The maximum atomic E-state index is 13.2. The van der Waals surface area contributed by atoms with Crippen LogP contribution in [0.2, 0.25) is 0 Å². The van der Waals surface area contributed by atoms with Crippen molar-refractivity contribution in [1.29, 1.82) is 0 Å². The lowest BCUT2D eigenvalue weighted by Crippen LogP contribution is -2.27. The molecule has 0 atom stereocenters. The van der Waals surface area contributed by atoms with Crippen LogP contribution in [0.4, 0.5) is 5.69 Å². The van der Waals surface area contributed by atoms with Gasteiger partial charge < -0.3 is 10.1 Å². The second-order valence-corrected chi connectivity index (χ2v) is 7.33. The number of nitrogens with zero attached hydrogens (tertiary/aromatic N) is 2. The molecule has 0 bridgehead atoms. The van der Waals surface area contributed by atoms with E-state index in [9.17, 15) is 9.59 Å². The van der Waals surface area contributed by atoms with Gasteiger partial charge in [-0.2, -0.15) is 5.10 Å². The van der Waals surface area contributed by atoms with Crippen LogP contribution in [0, 0.1) is 0 Å². The molecular weight excluding hydrogens is 402 g/mol. The highest BCUT2D eigenvalue weighted by atomic mass is 16.5. The van der Waals surface area contributed by atoms with E-state index in [1.165, 1.54) is 7.11 Å². The normalized spacial score (nSPS) is 14.2. The number of hydrogen-bond acceptors (Lipinski definition) is 4. The Kier molecular flexibility index (Phi) is 4.88. The Morgan fingerprint density at radius 2 is 1.66 bits per heavy atom. The molecule has 1 aliphatic heterocycles. The zero-order valence-corrected chi connectivity index (χ0v) is 17.3. The van der Waals surface area contributed by atoms with Crippen molar-refractivity contribution in [3.63, 3.8) is 0 Å². The van der Waals surface area contributed by atoms with Crippen molar-refractivity contribution in [3.8, 4) is 22.7 Å². The molecule has 1 aliphatic rings. The minimum Gasteiger partial charge on any atom is -0.497 e. The van der Waals surface area contributed by atoms with Gasteiger partial charge >= 0.3 is 0 Å². The van der Waals surface area contributed by atoms with Gasteiger partial charge in [-0.3, -0.25) is 9.59 Å². The number of para-hydroxylation sites is 1. The highest BCUT2D eigenvalue weighted by molar-refractivity contribution is 6.36. The van der Waals surface area contributed by atoms with Crippen LogP contribution >= 0.6 is 0 Å². The standard InChI is InChI=1S/C26H19N3O3/c1-32-20-12-13-21-23(15-20)27-26(31)22(25(21)30)14-18-16-29(19-10-6-3-7-11-19)28-24(18)17-8-4-2-5-9-17/h2-16H,1H3,(H,27,31)/b22-14-. The number of fused-ring (bicyclic) bond motifs is 1. The first kappa shape index (κ1) is 19.5. The molecule has 5 rings (SSSR count). The highest BCUT2D eigenvalue weighted by Crippen LogP contribution is 2.32. The molecule has 0 saturated heterocycles. The lowest BCUT2D eigenvalue weighted by atomic mass is 9.94. The van der Waals surface area contributed by atoms with Crippen LogP contribution in [0.25, 0.3) is 23.0 Å². The van der Waals surface area contributed by atoms with Crippen molar-refractivity contribution >= 4 is 23.5 Å². The van der Waals surface area contributed by atoms with Gasteiger partial charge in [0.2, 0.25) is 5.78 Å². The third kappa shape index (κ3) is 3.48. The van der Waals surface area contributed by atoms with Crippen molar-refractivity contribution in [2.75, 3.05) is 12.4 Å². The van der Waals surface area contributed by atoms with Gasteiger partial charge in [-0.05, 0) is 30.3 Å². The molecule has 32 heavy (non-hydrogen) atoms. The van der Waals surface area contributed by atoms with Gasteiger partial charge in [0.05, 0.1) is 29.8 Å². The van der Waals surface area contributed by atoms with E-state index in [1.54, 1.807) is 29.0 Å². The smallest absolute Gasteiger partial charge is 0.259 e. The lowest BCUT2D eigenvalue weighted by molar-refractivity contribution is -0.112. The largest absolute Gasteiger partial charge is 0.497 e. The van der Waals surface area contributed by atoms with E-state index in [-0.39, 0.29) is 11.4 Å². The average molecular weight is 421 g/mol. The molecule has 6 heteroatoms. The van der Waals surface area contributed by atoms with Crippen LogP contribution in [0.15, 0.2) is 90.6 Å². The molecule has 156 valence electrons. The molecule has 3 aromatic carbocycles. The van der Waals surface area contributed by atoms with Crippen molar-refractivity contribution in [2.45, 2.75) is 0 Å². The summed E-state index contributed by atoms with van der Waals surface area (Å²) in [6.45, 7) is 0. The summed E-state index contributed by atoms with van der Waals surface area (Å²) in [6, 6.07) is 24.4. The van der Waals surface area contributed by atoms with Crippen LogP contribution in [-0.4, -0.2) is 28.6 Å². The van der Waals surface area contributed by atoms with Gasteiger partial charge in [0.15, 0.2) is 0 Å². The number of carbonyl (C=O) groups excluding carboxylic acids is 2. The summed E-state index contributed by atoms with van der Waals surface area (Å²) in [5.41, 5.74) is 4.06. The Balaban J connectivity index is 1.63. The molecule has 0 saturated carbocycles. The highest BCUT2D eigenvalue weighted by Gasteiger charge is 2.29. The quantitative estimate of drug-likeness (QED) is 0.381. The first-order chi connectivity index (χ1) is 15.6. The molecule has 1 aromatic heterocycles. The molecule has 4 aromatic rings. The fourth-order valence-corrected chi connectivity index (χ4v) is 3.70. The van der Waals surface area contributed by atoms with Crippen LogP contribution in [0.5, 0.6) is 5.75 Å². The Bertz CT molecular complexity index is 1360. The zero-order valence-electron chi connectivity index (χ0n) is 17.3. The van der Waals surface area contributed by atoms with E-state index in [0.29, 0.717) is 28.3 Å². The van der Waals surface area contributed by atoms with Gasteiger partial charge in [0, 0.05) is 29.0 Å². The fourth-order valence-electron chi connectivity index (χ4n) is 3.70. The molecular formula is C26H19N3O3. The summed E-state index contributed by atoms with van der Waals surface area (Å²) in [6.07, 6.45) is 3.44. The Labute approximate surface area is 184 Å². The third-order valence-corrected chi connectivity index (χ3v) is 5.32. The van der Waals surface area contributed by atoms with Crippen LogP contribution in [0.3, 0.4) is 0 Å². The second-order valence-electron chi connectivity index (χ2n) is 7.33. The van der Waals surface area contributed by atoms with Gasteiger partial charge in [0.25, 0.3) is 5.91 Å². The molecule has 6 nitrogen and oxygen atoms in total. The van der Waals surface area contributed by atoms with Crippen LogP contribution in [-0.2, 0) is 4.79 Å². The van der Waals surface area contributed by atoms with E-state index < -0.39 is 5.91 Å². The Hall–Kier alpha value is -4.45. The number of carbonyl (C=O) groups is 2. The number of Topliss-reactive ketones (excluding diaryl/α,β-unsaturated/α-hetero) is 1. The third-order valence-electron chi connectivity index (χ3n) is 5.32. The van der Waals surface area contributed by atoms with E-state index >= 15 is 0 Å². The number of anilines is 1. The maximum absolute atomic E-state index is 13.2. The molecule has 1 amide bonds. The number of aromatic nitrogens is 2. The maximum Gasteiger partial charge on any atom is 0.259 e. The molecule has 1 N–H and O–H groups in total. The predicted molar refractivity (Wildman–Crippen MR) is 123 cm³/mol. The number of rotatable bonds is 4. The molecule has 0 spiro atoms. The van der Waals surface area contributed by atoms with Crippen molar-refractivity contribution < 1.29 is 14.3 Å². The van der Waals surface area contributed by atoms with Gasteiger partial charge in [-0.15, -0.1) is 0 Å². The molecule has 0 aliphatic carbocycles. The van der Waals surface area contributed by atoms with Crippen LogP contribution < -0.4 is 10.1 Å². The summed E-state index contributed by atoms with van der Waals surface area (Å²) >= 11 is 0. The molecule has 2 heterocycles. The SMILES string of the molecule is COc1ccc2c(c1)NC(=O)/C(=C\c1cn(-c3ccccc3)nc1-c1ccccc1)C2=O. The van der Waals surface area contributed by atoms with Crippen LogP contribution in [0.1, 0.15) is 15.9 Å². The summed E-state index contributed by atoms with van der Waals surface area (Å²) in [5.74, 6) is -0.222. The Morgan fingerprint density at radius 3 is 2.38 bits per heavy atom. The average Bonchev–Trinajstić information content (AvgIpc) is 3.26. The van der Waals surface area contributed by atoms with Gasteiger partial charge in [-0.25, -0.2) is 4.68 Å². The summed E-state index contributed by atoms with van der Waals surface area (Å²) < 4.78 is 6.94. The minimum atomic E-state index is -0.456. The first-order valence-electron chi connectivity index (χ1n) is 10.1. The van der Waals surface area contributed by atoms with E-state index in [2.05, 4.69) is 5.32 Å². The van der Waals surface area contributed by atoms with Gasteiger partial charge in [0.1, 0.15) is 5.75 Å². The number of ketones is 1. The number of methoxy groups -OCH3 is 1. The molecule has 0 radical (unpaired) electrons. The minimum absolute atomic E-state index is 0.0625. The number of hydrogen-bond donors (Lipinski definition) is 1. The lowest BCUT2D eigenvalue weighted by Gasteiger charge is -2.18. The summed E-state index contributed by atoms with van der Waals surface area (Å²) in [7, 11) is 1.54. The van der Waals surface area contributed by atoms with E-state index in [4.69, 9.17) is 9.84 Å². The monoisotopic (exact) mass is 421 g/mol. The van der Waals surface area contributed by atoms with Gasteiger partial charge in [-0.1, -0.05) is 48.5 Å². The Morgan fingerprint density at radius 1 is 0.938 bits per heavy atom. The first-order valence-corrected chi connectivity index (χ1v) is 10.1. The predicted octanol–water partition coefficient (Wildman–Crippen LogP) is 4.77. The molecule has 0 unspecified atom stereocenters. The summed E-state index contributed by atoms with van der Waals surface area (Å²) in [5, 5.41) is 7.54. The zero-order chi connectivity index (χ0) is 22.1. The fraction of sp³-hybridized carbons (Fsp3) is 0.0385. The van der Waals surface area contributed by atoms with Crippen molar-refractivity contribution in [3.05, 3.63) is 102 Å². The molecule has 0 fully saturated rings. The summed E-state index contributed by atoms with van der Waals surface area (Å²) in [4.78, 5) is 26.0. The van der Waals surface area contributed by atoms with Crippen molar-refractivity contribution in [2.24, 2.45) is 0 Å². The number of benzene rings is 3.